The lowest BCUT2D eigenvalue weighted by molar-refractivity contribution is -0.162. The van der Waals surface area contributed by atoms with Crippen molar-refractivity contribution in [3.8, 4) is 0 Å². The predicted molar refractivity (Wildman–Crippen MR) is 68.0 cm³/mol. The Morgan fingerprint density at radius 1 is 1.33 bits per heavy atom. The van der Waals surface area contributed by atoms with Gasteiger partial charge in [-0.05, 0) is 37.5 Å². The second-order valence-electron chi connectivity index (χ2n) is 5.93. The lowest BCUT2D eigenvalue weighted by Gasteiger charge is -2.37. The van der Waals surface area contributed by atoms with E-state index in [1.54, 1.807) is 0 Å². The number of hydrogen-bond acceptors (Lipinski definition) is 2. The molecule has 0 aromatic rings. The molecule has 3 unspecified atom stereocenters. The molecule has 0 saturated heterocycles. The number of rotatable bonds is 4. The molecule has 1 amide bonds. The first-order valence-electron chi connectivity index (χ1n) is 7.05. The largest absolute Gasteiger partial charge is 0.480 e. The van der Waals surface area contributed by atoms with Gasteiger partial charge in [0.15, 0.2) is 0 Å². The van der Waals surface area contributed by atoms with E-state index in [1.165, 1.54) is 0 Å². The summed E-state index contributed by atoms with van der Waals surface area (Å²) in [5, 5.41) is 12.2. The van der Waals surface area contributed by atoms with Crippen LogP contribution in [-0.2, 0) is 9.59 Å². The number of carboxylic acids is 1. The average molecular weight is 253 g/mol. The van der Waals surface area contributed by atoms with Crippen LogP contribution in [0.3, 0.4) is 0 Å². The van der Waals surface area contributed by atoms with Crippen molar-refractivity contribution in [1.82, 2.24) is 5.32 Å². The summed E-state index contributed by atoms with van der Waals surface area (Å²) in [6.45, 7) is 4.34. The van der Waals surface area contributed by atoms with Gasteiger partial charge >= 0.3 is 5.97 Å². The summed E-state index contributed by atoms with van der Waals surface area (Å²) in [7, 11) is 0. The Morgan fingerprint density at radius 3 is 2.39 bits per heavy atom. The van der Waals surface area contributed by atoms with Crippen molar-refractivity contribution >= 4 is 11.9 Å². The number of amides is 1. The van der Waals surface area contributed by atoms with Gasteiger partial charge < -0.3 is 10.4 Å². The summed E-state index contributed by atoms with van der Waals surface area (Å²) in [6.07, 6.45) is 5.10. The zero-order valence-electron chi connectivity index (χ0n) is 11.2. The minimum atomic E-state index is -1.12. The average Bonchev–Trinajstić information content (AvgIpc) is 2.57. The molecule has 3 atom stereocenters. The Morgan fingerprint density at radius 2 is 2.00 bits per heavy atom. The molecule has 0 bridgehead atoms. The molecular formula is C14H23NO3. The molecule has 18 heavy (non-hydrogen) atoms. The Bertz CT molecular complexity index is 349. The van der Waals surface area contributed by atoms with Crippen LogP contribution in [0.4, 0.5) is 0 Å². The molecule has 4 heteroatoms. The molecule has 0 radical (unpaired) electrons. The fourth-order valence-corrected chi connectivity index (χ4v) is 3.40. The van der Waals surface area contributed by atoms with Crippen molar-refractivity contribution in [2.75, 3.05) is 0 Å². The molecule has 2 N–H and O–H groups in total. The van der Waals surface area contributed by atoms with Crippen LogP contribution in [0.2, 0.25) is 0 Å². The molecule has 0 heterocycles. The minimum absolute atomic E-state index is 0.166. The van der Waals surface area contributed by atoms with Crippen LogP contribution >= 0.6 is 0 Å². The van der Waals surface area contributed by atoms with Crippen LogP contribution in [0.5, 0.6) is 0 Å². The molecule has 102 valence electrons. The highest BCUT2D eigenvalue weighted by atomic mass is 16.4. The number of aliphatic carboxylic acids is 1. The van der Waals surface area contributed by atoms with Gasteiger partial charge in [-0.1, -0.05) is 26.7 Å². The lowest BCUT2D eigenvalue weighted by Crippen LogP contribution is -2.54. The Kier molecular flexibility index (Phi) is 3.64. The standard InChI is InChI=1S/C14H23NO3/c1-3-10-5-6-11(9(10)2)15-12(16)14(13(17)18)7-4-8-14/h9-11H,3-8H2,1-2H3,(H,15,16)(H,17,18). The quantitative estimate of drug-likeness (QED) is 0.755. The molecule has 0 aromatic carbocycles. The fraction of sp³-hybridized carbons (Fsp3) is 0.857. The number of carbonyl (C=O) groups excluding carboxylic acids is 1. The Labute approximate surface area is 108 Å². The zero-order chi connectivity index (χ0) is 13.3. The van der Waals surface area contributed by atoms with Crippen LogP contribution in [0, 0.1) is 17.3 Å². The first-order valence-corrected chi connectivity index (χ1v) is 7.05. The topological polar surface area (TPSA) is 66.4 Å². The van der Waals surface area contributed by atoms with Gasteiger partial charge in [0.2, 0.25) is 5.91 Å². The van der Waals surface area contributed by atoms with Gasteiger partial charge in [0.25, 0.3) is 0 Å². The molecule has 0 aromatic heterocycles. The van der Waals surface area contributed by atoms with Crippen LogP contribution in [0.1, 0.15) is 52.4 Å². The monoisotopic (exact) mass is 253 g/mol. The highest BCUT2D eigenvalue weighted by molar-refractivity contribution is 6.02. The second kappa shape index (κ2) is 4.90. The molecule has 2 aliphatic rings. The van der Waals surface area contributed by atoms with Gasteiger partial charge in [-0.15, -0.1) is 0 Å². The summed E-state index contributed by atoms with van der Waals surface area (Å²) in [6, 6.07) is 0.166. The van der Waals surface area contributed by atoms with Crippen molar-refractivity contribution in [2.24, 2.45) is 17.3 Å². The molecule has 2 saturated carbocycles. The molecule has 4 nitrogen and oxygen atoms in total. The van der Waals surface area contributed by atoms with Gasteiger partial charge in [-0.3, -0.25) is 9.59 Å². The number of hydrogen-bond donors (Lipinski definition) is 2. The predicted octanol–water partition coefficient (Wildman–Crippen LogP) is 2.18. The van der Waals surface area contributed by atoms with Gasteiger partial charge in [-0.25, -0.2) is 0 Å². The van der Waals surface area contributed by atoms with E-state index in [0.29, 0.717) is 24.7 Å². The van der Waals surface area contributed by atoms with E-state index in [-0.39, 0.29) is 11.9 Å². The molecule has 0 spiro atoms. The summed E-state index contributed by atoms with van der Waals surface area (Å²) >= 11 is 0. The first kappa shape index (κ1) is 13.4. The molecule has 2 fully saturated rings. The molecule has 2 rings (SSSR count). The van der Waals surface area contributed by atoms with E-state index in [2.05, 4.69) is 19.2 Å². The van der Waals surface area contributed by atoms with Crippen LogP contribution < -0.4 is 5.32 Å². The summed E-state index contributed by atoms with van der Waals surface area (Å²) < 4.78 is 0. The van der Waals surface area contributed by atoms with Crippen LogP contribution in [0.25, 0.3) is 0 Å². The third-order valence-electron chi connectivity index (χ3n) is 5.12. The van der Waals surface area contributed by atoms with Crippen molar-refractivity contribution < 1.29 is 14.7 Å². The van der Waals surface area contributed by atoms with Gasteiger partial charge in [0.05, 0.1) is 0 Å². The first-order chi connectivity index (χ1) is 8.51. The number of carboxylic acid groups (broad SMARTS) is 1. The normalized spacial score (nSPS) is 33.8. The second-order valence-corrected chi connectivity index (χ2v) is 5.93. The summed E-state index contributed by atoms with van der Waals surface area (Å²) in [4.78, 5) is 23.5. The van der Waals surface area contributed by atoms with Crippen molar-refractivity contribution in [2.45, 2.75) is 58.4 Å². The Hall–Kier alpha value is -1.06. The van der Waals surface area contributed by atoms with Gasteiger partial charge in [0.1, 0.15) is 5.41 Å². The summed E-state index contributed by atoms with van der Waals surface area (Å²) in [5.74, 6) is -0.0823. The maximum absolute atomic E-state index is 12.2. The third kappa shape index (κ3) is 2.02. The zero-order valence-corrected chi connectivity index (χ0v) is 11.2. The maximum Gasteiger partial charge on any atom is 0.319 e. The van der Waals surface area contributed by atoms with E-state index < -0.39 is 11.4 Å². The van der Waals surface area contributed by atoms with E-state index in [0.717, 1.165) is 25.7 Å². The Balaban J connectivity index is 1.98. The van der Waals surface area contributed by atoms with Crippen molar-refractivity contribution in [1.29, 1.82) is 0 Å². The molecular weight excluding hydrogens is 230 g/mol. The fourth-order valence-electron chi connectivity index (χ4n) is 3.40. The van der Waals surface area contributed by atoms with E-state index in [1.807, 2.05) is 0 Å². The van der Waals surface area contributed by atoms with Crippen molar-refractivity contribution in [3.63, 3.8) is 0 Å². The van der Waals surface area contributed by atoms with Crippen LogP contribution in [-0.4, -0.2) is 23.0 Å². The van der Waals surface area contributed by atoms with E-state index >= 15 is 0 Å². The molecule has 2 aliphatic carbocycles. The minimum Gasteiger partial charge on any atom is -0.480 e. The third-order valence-corrected chi connectivity index (χ3v) is 5.12. The highest BCUT2D eigenvalue weighted by Crippen LogP contribution is 2.42. The van der Waals surface area contributed by atoms with Gasteiger partial charge in [-0.2, -0.15) is 0 Å². The lowest BCUT2D eigenvalue weighted by atomic mass is 9.68. The number of carbonyl (C=O) groups is 2. The van der Waals surface area contributed by atoms with E-state index in [4.69, 9.17) is 0 Å². The smallest absolute Gasteiger partial charge is 0.319 e. The SMILES string of the molecule is CCC1CCC(NC(=O)C2(C(=O)O)CCC2)C1C. The van der Waals surface area contributed by atoms with Gasteiger partial charge in [0, 0.05) is 6.04 Å². The van der Waals surface area contributed by atoms with E-state index in [9.17, 15) is 14.7 Å². The van der Waals surface area contributed by atoms with Crippen molar-refractivity contribution in [3.05, 3.63) is 0 Å². The molecule has 0 aliphatic heterocycles. The van der Waals surface area contributed by atoms with Crippen LogP contribution in [0.15, 0.2) is 0 Å². The maximum atomic E-state index is 12.2. The summed E-state index contributed by atoms with van der Waals surface area (Å²) in [5.41, 5.74) is -1.12. The number of nitrogens with one attached hydrogen (secondary N) is 1. The highest BCUT2D eigenvalue weighted by Gasteiger charge is 2.52.